The molecule has 1 aromatic carbocycles. The molecule has 0 bridgehead atoms. The van der Waals surface area contributed by atoms with Crippen molar-refractivity contribution in [3.8, 4) is 0 Å². The number of hydrogen-bond acceptors (Lipinski definition) is 10. The normalized spacial score (nSPS) is 23.5. The van der Waals surface area contributed by atoms with E-state index in [-0.39, 0.29) is 73.1 Å². The van der Waals surface area contributed by atoms with E-state index in [9.17, 15) is 22.8 Å². The smallest absolute Gasteiger partial charge is 1.00 e. The number of ether oxygens (including phenoxy) is 1. The van der Waals surface area contributed by atoms with Gasteiger partial charge in [-0.3, -0.25) is 14.1 Å². The number of carbonyl (C=O) groups excluding carboxylic acids is 3. The topological polar surface area (TPSA) is 196 Å². The largest absolute Gasteiger partial charge is 1.00 e. The minimum absolute atomic E-state index is 0. The molecule has 1 unspecified atom stereocenters. The molecule has 0 spiro atoms. The number of hydrogen-bond donors (Lipinski definition) is 5. The van der Waals surface area contributed by atoms with Crippen LogP contribution in [0.5, 0.6) is 0 Å². The Morgan fingerprint density at radius 3 is 2.10 bits per heavy atom. The quantitative estimate of drug-likeness (QED) is 0.158. The van der Waals surface area contributed by atoms with Gasteiger partial charge in [-0.05, 0) is 6.92 Å². The molecule has 0 amide bonds. The molecule has 0 fully saturated rings. The van der Waals surface area contributed by atoms with Crippen molar-refractivity contribution in [2.45, 2.75) is 30.3 Å². The Labute approximate surface area is 224 Å². The number of fused-ring (bicyclic) bond motifs is 1. The van der Waals surface area contributed by atoms with Gasteiger partial charge in [-0.15, -0.1) is 0 Å². The van der Waals surface area contributed by atoms with Crippen LogP contribution in [0.25, 0.3) is 0 Å². The van der Waals surface area contributed by atoms with Crippen molar-refractivity contribution in [1.29, 1.82) is 0 Å². The summed E-state index contributed by atoms with van der Waals surface area (Å²) in [5.74, 6) is -3.98. The van der Waals surface area contributed by atoms with Gasteiger partial charge in [-0.1, -0.05) is 24.3 Å². The van der Waals surface area contributed by atoms with Crippen molar-refractivity contribution < 1.29 is 114 Å². The molecule has 0 aromatic heterocycles. The molecule has 0 saturated heterocycles. The average Bonchev–Trinajstić information content (AvgIpc) is 2.92. The van der Waals surface area contributed by atoms with E-state index < -0.39 is 69.2 Å². The summed E-state index contributed by atoms with van der Waals surface area (Å²) in [6.45, 7) is 0.397. The number of aliphatic hydroxyl groups excluding tert-OH is 4. The number of cyclic esters (lactones) is 1. The molecule has 1 aromatic rings. The predicted octanol–water partition coefficient (Wildman–Crippen LogP) is -6.07. The maximum atomic E-state index is 12.0. The molecule has 1 aliphatic carbocycles. The van der Waals surface area contributed by atoms with Crippen LogP contribution in [0.4, 0.5) is 0 Å². The standard InChI is InChI=1S/C11H10O5S.C6H8O6.2Na.2H/c1-11(17(14,15)16)6-9(12)7-4-2-3-5-8(7)10(11)13;7-1-2(8)5-3(9)4(10)6(11)12-5;;;;/h2-5H,6H2,1H3,(H,14,15,16);2,5,7-10H,1H2;;;;/q;;2*+1;2*-1/t;2-,5+;;;;/m.0..../s1. The van der Waals surface area contributed by atoms with E-state index in [1.54, 1.807) is 12.1 Å². The van der Waals surface area contributed by atoms with E-state index in [2.05, 4.69) is 4.74 Å². The van der Waals surface area contributed by atoms with Crippen molar-refractivity contribution in [2.24, 2.45) is 0 Å². The molecule has 3 atom stereocenters. The molecule has 11 nitrogen and oxygen atoms in total. The summed E-state index contributed by atoms with van der Waals surface area (Å²) >= 11 is 0. The molecule has 14 heteroatoms. The van der Waals surface area contributed by atoms with E-state index in [1.807, 2.05) is 0 Å². The first kappa shape index (κ1) is 30.2. The molecule has 0 saturated carbocycles. The minimum Gasteiger partial charge on any atom is -1.00 e. The number of ketones is 2. The summed E-state index contributed by atoms with van der Waals surface area (Å²) < 4.78 is 33.9. The van der Waals surface area contributed by atoms with Gasteiger partial charge < -0.3 is 28.0 Å². The molecular weight excluding hydrogens is 458 g/mol. The third-order valence-corrected chi connectivity index (χ3v) is 5.96. The molecule has 162 valence electrons. The third kappa shape index (κ3) is 5.96. The summed E-state index contributed by atoms with van der Waals surface area (Å²) in [7, 11) is -4.62. The van der Waals surface area contributed by atoms with Crippen LogP contribution < -0.4 is 59.1 Å². The molecule has 3 rings (SSSR count). The van der Waals surface area contributed by atoms with Crippen LogP contribution in [0.1, 0.15) is 36.9 Å². The molecule has 5 N–H and O–H groups in total. The second kappa shape index (κ2) is 11.4. The third-order valence-electron chi connectivity index (χ3n) is 4.50. The predicted molar refractivity (Wildman–Crippen MR) is 97.2 cm³/mol. The number of esters is 1. The van der Waals surface area contributed by atoms with E-state index in [1.165, 1.54) is 12.1 Å². The summed E-state index contributed by atoms with van der Waals surface area (Å²) in [6.07, 6.45) is -3.30. The first-order valence-electron chi connectivity index (χ1n) is 8.11. The fraction of sp³-hybridized carbons (Fsp3) is 0.353. The second-order valence-electron chi connectivity index (χ2n) is 6.49. The fourth-order valence-electron chi connectivity index (χ4n) is 2.72. The number of benzene rings is 1. The zero-order chi connectivity index (χ0) is 22.1. The Morgan fingerprint density at radius 2 is 1.68 bits per heavy atom. The summed E-state index contributed by atoms with van der Waals surface area (Å²) in [5, 5.41) is 35.0. The first-order valence-corrected chi connectivity index (χ1v) is 9.55. The zero-order valence-electron chi connectivity index (χ0n) is 19.0. The average molecular weight is 478 g/mol. The SMILES string of the molecule is CC1(S(=O)(=O)O)CC(=O)c2ccccc2C1=O.O=C1O[C@H]([C@@H](O)CO)C(O)=C1O.[H-].[H-].[Na+].[Na+]. The van der Waals surface area contributed by atoms with Crippen LogP contribution in [-0.2, 0) is 19.6 Å². The van der Waals surface area contributed by atoms with Crippen LogP contribution in [-0.4, -0.2) is 74.5 Å². The van der Waals surface area contributed by atoms with Gasteiger partial charge in [-0.25, -0.2) is 4.79 Å². The molecule has 0 radical (unpaired) electrons. The maximum Gasteiger partial charge on any atom is 1.00 e. The molecule has 2 aliphatic rings. The van der Waals surface area contributed by atoms with Gasteiger partial charge in [-0.2, -0.15) is 8.42 Å². The van der Waals surface area contributed by atoms with Crippen LogP contribution in [0.2, 0.25) is 0 Å². The van der Waals surface area contributed by atoms with Gasteiger partial charge >= 0.3 is 65.1 Å². The van der Waals surface area contributed by atoms with Crippen molar-refractivity contribution in [2.75, 3.05) is 6.61 Å². The minimum atomic E-state index is -4.62. The van der Waals surface area contributed by atoms with Crippen molar-refractivity contribution in [1.82, 2.24) is 0 Å². The van der Waals surface area contributed by atoms with Crippen LogP contribution in [0.3, 0.4) is 0 Å². The zero-order valence-corrected chi connectivity index (χ0v) is 21.8. The van der Waals surface area contributed by atoms with Crippen LogP contribution >= 0.6 is 0 Å². The summed E-state index contributed by atoms with van der Waals surface area (Å²) in [4.78, 5) is 34.3. The van der Waals surface area contributed by atoms with Crippen LogP contribution in [0.15, 0.2) is 35.8 Å². The molecular formula is C17H20Na2O11S. The van der Waals surface area contributed by atoms with Gasteiger partial charge in [0, 0.05) is 17.5 Å². The summed E-state index contributed by atoms with van der Waals surface area (Å²) in [5.41, 5.74) is 0.252. The molecule has 1 aliphatic heterocycles. The van der Waals surface area contributed by atoms with E-state index in [4.69, 9.17) is 25.0 Å². The maximum absolute atomic E-state index is 12.0. The first-order chi connectivity index (χ1) is 13.3. The van der Waals surface area contributed by atoms with E-state index in [0.717, 1.165) is 6.92 Å². The van der Waals surface area contributed by atoms with Crippen LogP contribution in [0, 0.1) is 0 Å². The van der Waals surface area contributed by atoms with E-state index >= 15 is 0 Å². The van der Waals surface area contributed by atoms with Gasteiger partial charge in [0.2, 0.25) is 5.76 Å². The Bertz CT molecular complexity index is 1020. The number of aliphatic hydroxyl groups is 4. The van der Waals surface area contributed by atoms with Gasteiger partial charge in [0.15, 0.2) is 28.2 Å². The Hall–Kier alpha value is -0.800. The fourth-order valence-corrected chi connectivity index (χ4v) is 3.38. The van der Waals surface area contributed by atoms with E-state index in [0.29, 0.717) is 0 Å². The summed E-state index contributed by atoms with van der Waals surface area (Å²) in [6, 6.07) is 6.00. The molecule has 31 heavy (non-hydrogen) atoms. The van der Waals surface area contributed by atoms with Gasteiger partial charge in [0.25, 0.3) is 10.1 Å². The second-order valence-corrected chi connectivity index (χ2v) is 8.34. The Balaban J connectivity index is -0.000000509. The Kier molecular flexibility index (Phi) is 11.1. The number of carbonyl (C=O) groups is 3. The monoisotopic (exact) mass is 478 g/mol. The van der Waals surface area contributed by atoms with Crippen molar-refractivity contribution in [3.63, 3.8) is 0 Å². The molecule has 1 heterocycles. The van der Waals surface area contributed by atoms with Crippen molar-refractivity contribution in [3.05, 3.63) is 46.9 Å². The number of Topliss-reactive ketones (excluding diaryl/α,β-unsaturated/α-hetero) is 2. The van der Waals surface area contributed by atoms with Gasteiger partial charge in [0.05, 0.1) is 6.61 Å². The Morgan fingerprint density at radius 1 is 1.16 bits per heavy atom. The van der Waals surface area contributed by atoms with Crippen molar-refractivity contribution >= 4 is 27.7 Å². The number of rotatable bonds is 3. The van der Waals surface area contributed by atoms with Gasteiger partial charge in [0.1, 0.15) is 6.10 Å².